The highest BCUT2D eigenvalue weighted by Crippen LogP contribution is 2.44. The maximum atomic E-state index is 11.1. The zero-order valence-corrected chi connectivity index (χ0v) is 11.8. The van der Waals surface area contributed by atoms with Crippen molar-refractivity contribution in [2.24, 2.45) is 5.92 Å². The first kappa shape index (κ1) is 13.5. The van der Waals surface area contributed by atoms with E-state index in [0.717, 1.165) is 37.8 Å². The van der Waals surface area contributed by atoms with E-state index >= 15 is 0 Å². The fraction of sp³-hybridized carbons (Fsp3) is 0.588. The second kappa shape index (κ2) is 5.46. The minimum Gasteiger partial charge on any atom is -0.387 e. The van der Waals surface area contributed by atoms with E-state index in [0.29, 0.717) is 11.5 Å². The van der Waals surface area contributed by atoms with E-state index in [4.69, 9.17) is 5.26 Å². The van der Waals surface area contributed by atoms with Crippen LogP contribution in [0, 0.1) is 17.2 Å². The van der Waals surface area contributed by atoms with Crippen LogP contribution in [0.15, 0.2) is 24.3 Å². The quantitative estimate of drug-likeness (QED) is 0.865. The normalized spacial score (nSPS) is 33.0. The SMILES string of the molecule is N#Cc1cccc(N[C@@H]2CCC[C@H]3CCCC[C@@]32O)c1. The van der Waals surface area contributed by atoms with Gasteiger partial charge in [-0.05, 0) is 49.8 Å². The summed E-state index contributed by atoms with van der Waals surface area (Å²) in [6, 6.07) is 9.85. The predicted octanol–water partition coefficient (Wildman–Crippen LogP) is 3.44. The van der Waals surface area contributed by atoms with Gasteiger partial charge in [-0.1, -0.05) is 25.3 Å². The van der Waals surface area contributed by atoms with Gasteiger partial charge in [-0.15, -0.1) is 0 Å². The van der Waals surface area contributed by atoms with Gasteiger partial charge >= 0.3 is 0 Å². The maximum Gasteiger partial charge on any atom is 0.0992 e. The Morgan fingerprint density at radius 2 is 2.05 bits per heavy atom. The van der Waals surface area contributed by atoms with Crippen molar-refractivity contribution in [2.45, 2.75) is 56.6 Å². The van der Waals surface area contributed by atoms with Gasteiger partial charge in [0, 0.05) is 5.69 Å². The van der Waals surface area contributed by atoms with Crippen molar-refractivity contribution < 1.29 is 5.11 Å². The Labute approximate surface area is 120 Å². The third-order valence-electron chi connectivity index (χ3n) is 5.07. The Hall–Kier alpha value is -1.53. The average Bonchev–Trinajstić information content (AvgIpc) is 2.48. The number of hydrogen-bond donors (Lipinski definition) is 2. The Morgan fingerprint density at radius 3 is 2.90 bits per heavy atom. The van der Waals surface area contributed by atoms with Gasteiger partial charge in [0.2, 0.25) is 0 Å². The van der Waals surface area contributed by atoms with Gasteiger partial charge in [0.05, 0.1) is 23.3 Å². The lowest BCUT2D eigenvalue weighted by atomic mass is 9.65. The van der Waals surface area contributed by atoms with E-state index in [2.05, 4.69) is 11.4 Å². The summed E-state index contributed by atoms with van der Waals surface area (Å²) in [5, 5.41) is 23.6. The van der Waals surface area contributed by atoms with E-state index in [1.807, 2.05) is 24.3 Å². The number of nitrogens with zero attached hydrogens (tertiary/aromatic N) is 1. The van der Waals surface area contributed by atoms with Crippen LogP contribution in [0.1, 0.15) is 50.5 Å². The molecule has 1 aromatic rings. The molecule has 0 aliphatic heterocycles. The molecule has 0 amide bonds. The standard InChI is InChI=1S/C17H22N2O/c18-12-13-5-3-8-15(11-13)19-16-9-4-7-14-6-1-2-10-17(14,16)20/h3,5,8,11,14,16,19-20H,1-2,4,6-7,9-10H2/t14-,16-,17-/m1/s1. The Kier molecular flexibility index (Phi) is 3.67. The summed E-state index contributed by atoms with van der Waals surface area (Å²) in [4.78, 5) is 0. The summed E-state index contributed by atoms with van der Waals surface area (Å²) in [6.45, 7) is 0. The molecule has 0 saturated heterocycles. The van der Waals surface area contributed by atoms with Crippen LogP contribution in [0.2, 0.25) is 0 Å². The number of hydrogen-bond acceptors (Lipinski definition) is 3. The zero-order chi connectivity index (χ0) is 14.0. The van der Waals surface area contributed by atoms with Gasteiger partial charge in [-0.2, -0.15) is 5.26 Å². The van der Waals surface area contributed by atoms with Crippen molar-refractivity contribution in [3.05, 3.63) is 29.8 Å². The van der Waals surface area contributed by atoms with E-state index in [-0.39, 0.29) is 6.04 Å². The lowest BCUT2D eigenvalue weighted by Crippen LogP contribution is -2.56. The number of benzene rings is 1. The first-order chi connectivity index (χ1) is 9.72. The number of aliphatic hydroxyl groups is 1. The third kappa shape index (κ3) is 2.41. The molecule has 3 heteroatoms. The number of anilines is 1. The Morgan fingerprint density at radius 1 is 1.20 bits per heavy atom. The second-order valence-corrected chi connectivity index (χ2v) is 6.25. The molecule has 2 saturated carbocycles. The smallest absolute Gasteiger partial charge is 0.0992 e. The fourth-order valence-corrected chi connectivity index (χ4v) is 4.00. The van der Waals surface area contributed by atoms with Crippen molar-refractivity contribution in [3.63, 3.8) is 0 Å². The van der Waals surface area contributed by atoms with Gasteiger partial charge in [0.15, 0.2) is 0 Å². The molecular formula is C17H22N2O. The molecule has 2 aliphatic rings. The predicted molar refractivity (Wildman–Crippen MR) is 79.3 cm³/mol. The molecule has 0 unspecified atom stereocenters. The monoisotopic (exact) mass is 270 g/mol. The Bertz CT molecular complexity index is 520. The molecule has 2 aliphatic carbocycles. The van der Waals surface area contributed by atoms with Gasteiger partial charge in [-0.25, -0.2) is 0 Å². The van der Waals surface area contributed by atoms with Crippen LogP contribution in [0.25, 0.3) is 0 Å². The highest BCUT2D eigenvalue weighted by atomic mass is 16.3. The molecule has 0 radical (unpaired) electrons. The summed E-state index contributed by atoms with van der Waals surface area (Å²) in [6.07, 6.45) is 7.81. The summed E-state index contributed by atoms with van der Waals surface area (Å²) in [5.41, 5.74) is 1.06. The van der Waals surface area contributed by atoms with Crippen LogP contribution in [0.4, 0.5) is 5.69 Å². The molecule has 0 spiro atoms. The minimum absolute atomic E-state index is 0.121. The van der Waals surface area contributed by atoms with E-state index in [1.54, 1.807) is 0 Å². The first-order valence-corrected chi connectivity index (χ1v) is 7.71. The van der Waals surface area contributed by atoms with E-state index in [9.17, 15) is 5.11 Å². The molecule has 3 rings (SSSR count). The van der Waals surface area contributed by atoms with Gasteiger partial charge in [0.25, 0.3) is 0 Å². The number of nitriles is 1. The molecule has 0 aromatic heterocycles. The number of rotatable bonds is 2. The molecule has 3 nitrogen and oxygen atoms in total. The van der Waals surface area contributed by atoms with Crippen LogP contribution in [-0.2, 0) is 0 Å². The van der Waals surface area contributed by atoms with E-state index < -0.39 is 5.60 Å². The zero-order valence-electron chi connectivity index (χ0n) is 11.8. The van der Waals surface area contributed by atoms with Crippen LogP contribution >= 0.6 is 0 Å². The van der Waals surface area contributed by atoms with Crippen LogP contribution in [0.5, 0.6) is 0 Å². The third-order valence-corrected chi connectivity index (χ3v) is 5.07. The van der Waals surface area contributed by atoms with Gasteiger partial charge in [0.1, 0.15) is 0 Å². The molecule has 20 heavy (non-hydrogen) atoms. The fourth-order valence-electron chi connectivity index (χ4n) is 4.00. The number of fused-ring (bicyclic) bond motifs is 1. The highest BCUT2D eigenvalue weighted by Gasteiger charge is 2.47. The topological polar surface area (TPSA) is 56.0 Å². The van der Waals surface area contributed by atoms with Crippen LogP contribution in [0.3, 0.4) is 0 Å². The first-order valence-electron chi connectivity index (χ1n) is 7.71. The molecule has 106 valence electrons. The molecule has 2 N–H and O–H groups in total. The molecule has 0 heterocycles. The Balaban J connectivity index is 1.80. The van der Waals surface area contributed by atoms with E-state index in [1.165, 1.54) is 12.8 Å². The highest BCUT2D eigenvalue weighted by molar-refractivity contribution is 5.50. The molecule has 3 atom stereocenters. The summed E-state index contributed by atoms with van der Waals surface area (Å²) in [5.74, 6) is 0.446. The lowest BCUT2D eigenvalue weighted by molar-refractivity contribution is -0.0835. The van der Waals surface area contributed by atoms with Crippen molar-refractivity contribution in [1.29, 1.82) is 5.26 Å². The van der Waals surface area contributed by atoms with Crippen LogP contribution < -0.4 is 5.32 Å². The largest absolute Gasteiger partial charge is 0.387 e. The van der Waals surface area contributed by atoms with Crippen molar-refractivity contribution in [3.8, 4) is 6.07 Å². The molecule has 2 fully saturated rings. The maximum absolute atomic E-state index is 11.1. The number of nitrogens with one attached hydrogen (secondary N) is 1. The average molecular weight is 270 g/mol. The molecule has 0 bridgehead atoms. The minimum atomic E-state index is -0.556. The molecular weight excluding hydrogens is 248 g/mol. The van der Waals surface area contributed by atoms with Crippen molar-refractivity contribution in [1.82, 2.24) is 0 Å². The summed E-state index contributed by atoms with van der Waals surface area (Å²) >= 11 is 0. The lowest BCUT2D eigenvalue weighted by Gasteiger charge is -2.49. The summed E-state index contributed by atoms with van der Waals surface area (Å²) in [7, 11) is 0. The molecule has 1 aromatic carbocycles. The summed E-state index contributed by atoms with van der Waals surface area (Å²) < 4.78 is 0. The van der Waals surface area contributed by atoms with Gasteiger partial charge < -0.3 is 10.4 Å². The van der Waals surface area contributed by atoms with Crippen molar-refractivity contribution in [2.75, 3.05) is 5.32 Å². The van der Waals surface area contributed by atoms with Crippen molar-refractivity contribution >= 4 is 5.69 Å². The second-order valence-electron chi connectivity index (χ2n) is 6.25. The van der Waals surface area contributed by atoms with Crippen LogP contribution in [-0.4, -0.2) is 16.7 Å². The van der Waals surface area contributed by atoms with Gasteiger partial charge in [-0.3, -0.25) is 0 Å².